The van der Waals surface area contributed by atoms with E-state index < -0.39 is 0 Å². The first-order valence-corrected chi connectivity index (χ1v) is 7.84. The zero-order chi connectivity index (χ0) is 13.9. The van der Waals surface area contributed by atoms with Crippen LogP contribution in [0.3, 0.4) is 0 Å². The number of rotatable bonds is 7. The summed E-state index contributed by atoms with van der Waals surface area (Å²) in [5, 5.41) is 4.74. The summed E-state index contributed by atoms with van der Waals surface area (Å²) in [6.07, 6.45) is 10.9. The number of nitrogens with zero attached hydrogens (tertiary/aromatic N) is 2. The summed E-state index contributed by atoms with van der Waals surface area (Å²) in [5.41, 5.74) is 4.04. The number of ether oxygens (including phenoxy) is 1. The molecule has 3 rings (SSSR count). The summed E-state index contributed by atoms with van der Waals surface area (Å²) in [7, 11) is 1.78. The van der Waals surface area contributed by atoms with Gasteiger partial charge in [0.25, 0.3) is 0 Å². The smallest absolute Gasteiger partial charge is 0.0769 e. The third-order valence-electron chi connectivity index (χ3n) is 4.76. The number of nitrogens with two attached hydrogens (primary N) is 1. The van der Waals surface area contributed by atoms with E-state index in [0.717, 1.165) is 12.1 Å². The topological polar surface area (TPSA) is 65.1 Å². The van der Waals surface area contributed by atoms with Gasteiger partial charge in [0.1, 0.15) is 0 Å². The highest BCUT2D eigenvalue weighted by atomic mass is 16.5. The van der Waals surface area contributed by atoms with Gasteiger partial charge in [0.15, 0.2) is 0 Å². The first-order chi connectivity index (χ1) is 9.81. The van der Waals surface area contributed by atoms with Crippen LogP contribution in [0.1, 0.15) is 50.3 Å². The molecular weight excluding hydrogens is 252 g/mol. The zero-order valence-electron chi connectivity index (χ0n) is 12.3. The number of methoxy groups -OCH3 is 1. The van der Waals surface area contributed by atoms with E-state index in [1.165, 1.54) is 38.5 Å². The Bertz CT molecular complexity index is 423. The lowest BCUT2D eigenvalue weighted by molar-refractivity contribution is 0.0507. The van der Waals surface area contributed by atoms with Crippen molar-refractivity contribution in [3.63, 3.8) is 0 Å². The Morgan fingerprint density at radius 2 is 2.15 bits per heavy atom. The van der Waals surface area contributed by atoms with Crippen LogP contribution in [0.15, 0.2) is 12.3 Å². The highest BCUT2D eigenvalue weighted by Gasteiger charge is 2.36. The van der Waals surface area contributed by atoms with Gasteiger partial charge in [-0.25, -0.2) is 0 Å². The van der Waals surface area contributed by atoms with Crippen molar-refractivity contribution in [3.05, 3.63) is 18.0 Å². The lowest BCUT2D eigenvalue weighted by Crippen LogP contribution is -2.47. The largest absolute Gasteiger partial charge is 0.379 e. The van der Waals surface area contributed by atoms with E-state index in [9.17, 15) is 0 Å². The molecule has 0 saturated heterocycles. The summed E-state index contributed by atoms with van der Waals surface area (Å²) in [4.78, 5) is 0. The van der Waals surface area contributed by atoms with Crippen molar-refractivity contribution in [2.24, 2.45) is 11.8 Å². The third kappa shape index (κ3) is 3.05. The number of hydrazine groups is 1. The molecule has 2 unspecified atom stereocenters. The minimum atomic E-state index is 0.152. The maximum absolute atomic E-state index is 5.73. The van der Waals surface area contributed by atoms with Gasteiger partial charge < -0.3 is 4.74 Å². The summed E-state index contributed by atoms with van der Waals surface area (Å²) in [5.74, 6) is 6.39. The molecule has 2 fully saturated rings. The molecular formula is C15H26N4O. The molecule has 2 saturated carbocycles. The van der Waals surface area contributed by atoms with E-state index in [0.29, 0.717) is 12.0 Å². The molecule has 1 aromatic rings. The van der Waals surface area contributed by atoms with Crippen LogP contribution in [0, 0.1) is 5.92 Å². The fraction of sp³-hybridized carbons (Fsp3) is 0.800. The van der Waals surface area contributed by atoms with Gasteiger partial charge in [-0.2, -0.15) is 5.10 Å². The van der Waals surface area contributed by atoms with Crippen molar-refractivity contribution in [3.8, 4) is 0 Å². The minimum absolute atomic E-state index is 0.152. The summed E-state index contributed by atoms with van der Waals surface area (Å²) in [6, 6.07) is 2.89. The molecule has 1 heterocycles. The average molecular weight is 278 g/mol. The number of nitrogens with one attached hydrogen (secondary N) is 1. The van der Waals surface area contributed by atoms with Gasteiger partial charge >= 0.3 is 0 Å². The predicted octanol–water partition coefficient (Wildman–Crippen LogP) is 1.80. The second-order valence-electron chi connectivity index (χ2n) is 6.24. The summed E-state index contributed by atoms with van der Waals surface area (Å²) < 4.78 is 7.78. The molecule has 112 valence electrons. The minimum Gasteiger partial charge on any atom is -0.379 e. The van der Waals surface area contributed by atoms with E-state index in [1.807, 2.05) is 0 Å². The molecule has 0 aromatic carbocycles. The molecule has 0 radical (unpaired) electrons. The van der Waals surface area contributed by atoms with Crippen molar-refractivity contribution in [2.45, 2.75) is 63.1 Å². The number of hydrogen-bond acceptors (Lipinski definition) is 4. The van der Waals surface area contributed by atoms with Gasteiger partial charge in [-0.05, 0) is 37.7 Å². The number of aromatic nitrogens is 2. The fourth-order valence-corrected chi connectivity index (χ4v) is 3.46. The maximum Gasteiger partial charge on any atom is 0.0769 e. The van der Waals surface area contributed by atoms with Crippen molar-refractivity contribution in [1.29, 1.82) is 0 Å². The first-order valence-electron chi connectivity index (χ1n) is 7.84. The van der Waals surface area contributed by atoms with Crippen molar-refractivity contribution in [1.82, 2.24) is 15.2 Å². The van der Waals surface area contributed by atoms with Crippen LogP contribution < -0.4 is 11.3 Å². The van der Waals surface area contributed by atoms with E-state index in [1.54, 1.807) is 7.11 Å². The van der Waals surface area contributed by atoms with E-state index in [2.05, 4.69) is 22.4 Å². The standard InChI is InChI=1S/C15H26N4O/c1-20-15(11-6-7-11)14(17-16)10-12-8-9-19(18-12)13-4-2-3-5-13/h8-9,11,13-15,17H,2-7,10,16H2,1H3. The van der Waals surface area contributed by atoms with Crippen LogP contribution >= 0.6 is 0 Å². The van der Waals surface area contributed by atoms with Crippen LogP contribution in [-0.2, 0) is 11.2 Å². The molecule has 0 aliphatic heterocycles. The Hall–Kier alpha value is -0.910. The van der Waals surface area contributed by atoms with Crippen LogP contribution in [0.4, 0.5) is 0 Å². The van der Waals surface area contributed by atoms with Crippen LogP contribution in [-0.4, -0.2) is 29.0 Å². The fourth-order valence-electron chi connectivity index (χ4n) is 3.46. The van der Waals surface area contributed by atoms with Crippen LogP contribution in [0.5, 0.6) is 0 Å². The Morgan fingerprint density at radius 3 is 2.75 bits per heavy atom. The normalized spacial score (nSPS) is 23.1. The molecule has 0 bridgehead atoms. The van der Waals surface area contributed by atoms with E-state index >= 15 is 0 Å². The molecule has 5 heteroatoms. The van der Waals surface area contributed by atoms with Crippen molar-refractivity contribution < 1.29 is 4.74 Å². The highest BCUT2D eigenvalue weighted by molar-refractivity contribution is 5.05. The predicted molar refractivity (Wildman–Crippen MR) is 78.1 cm³/mol. The second kappa shape index (κ2) is 6.24. The highest BCUT2D eigenvalue weighted by Crippen LogP contribution is 2.36. The second-order valence-corrected chi connectivity index (χ2v) is 6.24. The molecule has 5 nitrogen and oxygen atoms in total. The average Bonchev–Trinajstić information content (AvgIpc) is 2.97. The van der Waals surface area contributed by atoms with Crippen molar-refractivity contribution in [2.75, 3.05) is 7.11 Å². The lowest BCUT2D eigenvalue weighted by Gasteiger charge is -2.24. The molecule has 2 aliphatic carbocycles. The quantitative estimate of drug-likeness (QED) is 0.589. The molecule has 0 amide bonds. The third-order valence-corrected chi connectivity index (χ3v) is 4.76. The molecule has 0 spiro atoms. The van der Waals surface area contributed by atoms with E-state index in [-0.39, 0.29) is 12.1 Å². The van der Waals surface area contributed by atoms with Gasteiger partial charge in [0.05, 0.1) is 23.9 Å². The number of hydrogen-bond donors (Lipinski definition) is 2. The Morgan fingerprint density at radius 1 is 1.40 bits per heavy atom. The van der Waals surface area contributed by atoms with Gasteiger partial charge in [-0.15, -0.1) is 0 Å². The molecule has 3 N–H and O–H groups in total. The summed E-state index contributed by atoms with van der Waals surface area (Å²) >= 11 is 0. The SMILES string of the molecule is COC(C1CC1)C(Cc1ccn(C2CCCC2)n1)NN. The first kappa shape index (κ1) is 14.0. The Labute approximate surface area is 120 Å². The van der Waals surface area contributed by atoms with Gasteiger partial charge in [0.2, 0.25) is 0 Å². The Balaban J connectivity index is 1.63. The molecule has 2 aliphatic rings. The van der Waals surface area contributed by atoms with Gasteiger partial charge in [0, 0.05) is 19.7 Å². The molecule has 1 aromatic heterocycles. The molecule has 20 heavy (non-hydrogen) atoms. The van der Waals surface area contributed by atoms with Gasteiger partial charge in [-0.1, -0.05) is 12.8 Å². The van der Waals surface area contributed by atoms with Crippen LogP contribution in [0.25, 0.3) is 0 Å². The van der Waals surface area contributed by atoms with Crippen molar-refractivity contribution >= 4 is 0 Å². The van der Waals surface area contributed by atoms with Gasteiger partial charge in [-0.3, -0.25) is 16.0 Å². The lowest BCUT2D eigenvalue weighted by atomic mass is 10.0. The summed E-state index contributed by atoms with van der Waals surface area (Å²) in [6.45, 7) is 0. The zero-order valence-corrected chi connectivity index (χ0v) is 12.3. The monoisotopic (exact) mass is 278 g/mol. The van der Waals surface area contributed by atoms with E-state index in [4.69, 9.17) is 15.7 Å². The van der Waals surface area contributed by atoms with Crippen LogP contribution in [0.2, 0.25) is 0 Å². The molecule has 2 atom stereocenters. The Kier molecular flexibility index (Phi) is 4.38. The maximum atomic E-state index is 5.73.